The van der Waals surface area contributed by atoms with Gasteiger partial charge in [0.1, 0.15) is 0 Å². The number of anilines is 2. The van der Waals surface area contributed by atoms with Crippen molar-refractivity contribution in [3.63, 3.8) is 0 Å². The average molecular weight is 621 g/mol. The second-order valence-electron chi connectivity index (χ2n) is 11.6. The topological polar surface area (TPSA) is 55.9 Å². The van der Waals surface area contributed by atoms with Crippen molar-refractivity contribution in [1.29, 1.82) is 0 Å². The van der Waals surface area contributed by atoms with Gasteiger partial charge in [0, 0.05) is 22.5 Å². The van der Waals surface area contributed by atoms with Crippen molar-refractivity contribution in [3.05, 3.63) is 192 Å². The van der Waals surface area contributed by atoms with Gasteiger partial charge in [0.25, 0.3) is 0 Å². The fraction of sp³-hybridized carbons (Fsp3) is 0.0476. The van der Waals surface area contributed by atoms with Crippen molar-refractivity contribution in [2.75, 3.05) is 9.80 Å². The molecule has 0 fully saturated rings. The zero-order valence-electron chi connectivity index (χ0n) is 26.2. The van der Waals surface area contributed by atoms with E-state index in [9.17, 15) is 0 Å². The zero-order valence-corrected chi connectivity index (χ0v) is 26.2. The Bertz CT molecular complexity index is 1950. The highest BCUT2D eigenvalue weighted by Crippen LogP contribution is 2.32. The summed E-state index contributed by atoms with van der Waals surface area (Å²) in [5.41, 5.74) is 8.48. The van der Waals surface area contributed by atoms with Gasteiger partial charge in [-0.3, -0.25) is 0 Å². The van der Waals surface area contributed by atoms with Crippen LogP contribution >= 0.6 is 0 Å². The van der Waals surface area contributed by atoms with E-state index in [1.807, 2.05) is 85.5 Å². The molecule has 0 aromatic heterocycles. The van der Waals surface area contributed by atoms with Crippen LogP contribution in [0.3, 0.4) is 0 Å². The molecule has 0 aliphatic carbocycles. The maximum Gasteiger partial charge on any atom is 0.158 e. The molecule has 6 heteroatoms. The number of para-hydroxylation sites is 2. The van der Waals surface area contributed by atoms with Crippen LogP contribution in [0.1, 0.15) is 34.6 Å². The Balaban J connectivity index is 1.03. The van der Waals surface area contributed by atoms with E-state index in [1.54, 1.807) is 0 Å². The van der Waals surface area contributed by atoms with Crippen LogP contribution in [0.2, 0.25) is 0 Å². The van der Waals surface area contributed by atoms with Gasteiger partial charge in [0.05, 0.1) is 12.7 Å². The Morgan fingerprint density at radius 2 is 0.646 bits per heavy atom. The molecule has 0 spiro atoms. The van der Waals surface area contributed by atoms with Gasteiger partial charge in [-0.2, -0.15) is 0 Å². The van der Waals surface area contributed by atoms with Crippen LogP contribution < -0.4 is 9.80 Å². The molecule has 2 heterocycles. The van der Waals surface area contributed by atoms with Gasteiger partial charge in [-0.25, -0.2) is 20.0 Å². The van der Waals surface area contributed by atoms with Crippen LogP contribution in [0, 0.1) is 0 Å². The average Bonchev–Trinajstić information content (AvgIpc) is 3.19. The molecule has 0 bridgehead atoms. The summed E-state index contributed by atoms with van der Waals surface area (Å²) in [6.07, 6.45) is 3.36. The monoisotopic (exact) mass is 620 g/mol. The summed E-state index contributed by atoms with van der Waals surface area (Å²) in [4.78, 5) is 24.0. The molecule has 2 atom stereocenters. The van der Waals surface area contributed by atoms with Gasteiger partial charge in [-0.05, 0) is 46.5 Å². The number of hydrogen-bond acceptors (Lipinski definition) is 6. The van der Waals surface area contributed by atoms with Crippen molar-refractivity contribution < 1.29 is 0 Å². The van der Waals surface area contributed by atoms with E-state index in [0.29, 0.717) is 11.7 Å². The maximum absolute atomic E-state index is 5.11. The first kappa shape index (κ1) is 29.0. The molecule has 2 aliphatic heterocycles. The summed E-state index contributed by atoms with van der Waals surface area (Å²) < 4.78 is 0. The van der Waals surface area contributed by atoms with E-state index in [4.69, 9.17) is 20.0 Å². The Morgan fingerprint density at radius 1 is 0.333 bits per heavy atom. The van der Waals surface area contributed by atoms with E-state index in [1.165, 1.54) is 0 Å². The van der Waals surface area contributed by atoms with Gasteiger partial charge in [0.15, 0.2) is 24.0 Å². The van der Waals surface area contributed by atoms with Crippen LogP contribution in [0.25, 0.3) is 11.1 Å². The normalized spacial score (nSPS) is 17.2. The van der Waals surface area contributed by atoms with Crippen LogP contribution in [0.4, 0.5) is 11.4 Å². The van der Waals surface area contributed by atoms with Gasteiger partial charge in [-0.15, -0.1) is 0 Å². The Hall–Kier alpha value is -6.40. The minimum absolute atomic E-state index is 0.208. The summed E-state index contributed by atoms with van der Waals surface area (Å²) >= 11 is 0. The minimum atomic E-state index is -0.208. The summed E-state index contributed by atoms with van der Waals surface area (Å²) in [6.45, 7) is 0. The van der Waals surface area contributed by atoms with E-state index in [2.05, 4.69) is 107 Å². The van der Waals surface area contributed by atoms with Gasteiger partial charge < -0.3 is 9.80 Å². The molecule has 6 aromatic carbocycles. The molecule has 2 aliphatic rings. The summed E-state index contributed by atoms with van der Waals surface area (Å²) in [5, 5.41) is 0. The highest BCUT2D eigenvalue weighted by molar-refractivity contribution is 6.08. The quantitative estimate of drug-likeness (QED) is 0.179. The summed E-state index contributed by atoms with van der Waals surface area (Å²) in [7, 11) is 0. The van der Waals surface area contributed by atoms with Crippen LogP contribution in [-0.4, -0.2) is 24.3 Å². The van der Waals surface area contributed by atoms with E-state index < -0.39 is 0 Å². The van der Waals surface area contributed by atoms with Crippen molar-refractivity contribution in [2.24, 2.45) is 20.0 Å². The molecular weight excluding hydrogens is 589 g/mol. The third-order valence-electron chi connectivity index (χ3n) is 8.55. The van der Waals surface area contributed by atoms with Crippen molar-refractivity contribution in [3.8, 4) is 11.1 Å². The molecule has 0 saturated heterocycles. The number of rotatable bonds is 7. The SMILES string of the molecule is C1=NC(c2ccc(-c3ccc(C4=NC(c5ccccc5)N(c5ccccc5)C=N4)cc3)cc2)=NC(c2ccccc2)N1c1ccccc1. The minimum Gasteiger partial charge on any atom is -0.305 e. The Kier molecular flexibility index (Phi) is 7.95. The number of hydrogen-bond donors (Lipinski definition) is 0. The van der Waals surface area contributed by atoms with Crippen molar-refractivity contribution >= 4 is 35.7 Å². The molecule has 0 N–H and O–H groups in total. The molecule has 48 heavy (non-hydrogen) atoms. The van der Waals surface area contributed by atoms with Crippen molar-refractivity contribution in [2.45, 2.75) is 12.3 Å². The molecule has 6 nitrogen and oxygen atoms in total. The van der Waals surface area contributed by atoms with Crippen molar-refractivity contribution in [1.82, 2.24) is 0 Å². The second kappa shape index (κ2) is 13.1. The fourth-order valence-electron chi connectivity index (χ4n) is 6.04. The smallest absolute Gasteiger partial charge is 0.158 e. The number of aliphatic imine (C=N–C) groups is 4. The van der Waals surface area contributed by atoms with Gasteiger partial charge >= 0.3 is 0 Å². The zero-order chi connectivity index (χ0) is 32.1. The molecule has 0 radical (unpaired) electrons. The summed E-state index contributed by atoms with van der Waals surface area (Å²) in [5.74, 6) is 1.42. The lowest BCUT2D eigenvalue weighted by atomic mass is 10.0. The predicted octanol–water partition coefficient (Wildman–Crippen LogP) is 9.34. The largest absolute Gasteiger partial charge is 0.305 e. The number of nitrogens with zero attached hydrogens (tertiary/aromatic N) is 6. The van der Waals surface area contributed by atoms with Crippen LogP contribution in [0.5, 0.6) is 0 Å². The highest BCUT2D eigenvalue weighted by atomic mass is 15.3. The van der Waals surface area contributed by atoms with E-state index in [-0.39, 0.29) is 12.3 Å². The van der Waals surface area contributed by atoms with Gasteiger partial charge in [-0.1, -0.05) is 146 Å². The molecule has 0 amide bonds. The summed E-state index contributed by atoms with van der Waals surface area (Å²) in [6, 6.07) is 58.1. The standard InChI is InChI=1S/C42H32N6/c1-5-13-35(14-6-1)41-45-39(43-29-47(41)37-17-9-3-10-18-37)33-25-21-31(22-26-33)32-23-27-34(28-24-32)40-44-30-48(38-19-11-4-12-20-38)42(46-40)36-15-7-2-8-16-36/h1-30,41-42H. The van der Waals surface area contributed by atoms with Gasteiger partial charge in [0.2, 0.25) is 0 Å². The first-order valence-corrected chi connectivity index (χ1v) is 16.0. The molecule has 6 aromatic rings. The third kappa shape index (κ3) is 5.95. The second-order valence-corrected chi connectivity index (χ2v) is 11.6. The first-order valence-electron chi connectivity index (χ1n) is 16.0. The lowest BCUT2D eigenvalue weighted by Crippen LogP contribution is -2.30. The molecule has 0 saturated carbocycles. The lowest BCUT2D eigenvalue weighted by molar-refractivity contribution is 0.751. The maximum atomic E-state index is 5.11. The van der Waals surface area contributed by atoms with Crippen LogP contribution in [0.15, 0.2) is 190 Å². The Morgan fingerprint density at radius 3 is 1.00 bits per heavy atom. The van der Waals surface area contributed by atoms with E-state index >= 15 is 0 Å². The Labute approximate surface area is 280 Å². The lowest BCUT2D eigenvalue weighted by Gasteiger charge is -2.30. The predicted molar refractivity (Wildman–Crippen MR) is 198 cm³/mol. The van der Waals surface area contributed by atoms with E-state index in [0.717, 1.165) is 44.8 Å². The fourth-order valence-corrected chi connectivity index (χ4v) is 6.04. The molecular formula is C42H32N6. The third-order valence-corrected chi connectivity index (χ3v) is 8.55. The number of amidine groups is 2. The molecule has 230 valence electrons. The molecule has 2 unspecified atom stereocenters. The molecule has 8 rings (SSSR count). The highest BCUT2D eigenvalue weighted by Gasteiger charge is 2.25. The number of benzene rings is 6. The first-order chi connectivity index (χ1) is 23.8. The van der Waals surface area contributed by atoms with Crippen LogP contribution in [-0.2, 0) is 0 Å².